The highest BCUT2D eigenvalue weighted by molar-refractivity contribution is 5.77. The molecule has 24 heavy (non-hydrogen) atoms. The largest absolute Gasteiger partial charge is 0.511 e. The van der Waals surface area contributed by atoms with Gasteiger partial charge in [-0.05, 0) is 30.5 Å². The maximum Gasteiger partial charge on any atom is 0.511 e. The molecule has 0 saturated carbocycles. The maximum atomic E-state index is 11.0. The van der Waals surface area contributed by atoms with Crippen molar-refractivity contribution in [2.24, 2.45) is 0 Å². The summed E-state index contributed by atoms with van der Waals surface area (Å²) in [4.78, 5) is 11.0. The van der Waals surface area contributed by atoms with E-state index in [1.54, 1.807) is 12.1 Å². The number of hydrogen-bond donors (Lipinski definition) is 1. The molecule has 0 radical (unpaired) electrons. The van der Waals surface area contributed by atoms with Gasteiger partial charge < -0.3 is 19.3 Å². The van der Waals surface area contributed by atoms with Crippen molar-refractivity contribution in [3.05, 3.63) is 54.1 Å². The van der Waals surface area contributed by atoms with Gasteiger partial charge in [-0.3, -0.25) is 0 Å². The normalized spacial score (nSPS) is 10.5. The topological polar surface area (TPSA) is 65.0 Å². The summed E-state index contributed by atoms with van der Waals surface area (Å²) in [6.45, 7) is 4.27. The molecule has 0 aliphatic carbocycles. The van der Waals surface area contributed by atoms with E-state index in [4.69, 9.17) is 19.3 Å². The second-order valence-electron chi connectivity index (χ2n) is 5.08. The molecule has 0 heterocycles. The summed E-state index contributed by atoms with van der Waals surface area (Å²) in [5, 5.41) is 8.96. The van der Waals surface area contributed by atoms with Crippen molar-refractivity contribution >= 4 is 6.16 Å². The summed E-state index contributed by atoms with van der Waals surface area (Å²) in [7, 11) is 0. The van der Waals surface area contributed by atoms with Gasteiger partial charge in [0.1, 0.15) is 5.75 Å². The third kappa shape index (κ3) is 5.37. The van der Waals surface area contributed by atoms with Gasteiger partial charge in [0.25, 0.3) is 0 Å². The van der Waals surface area contributed by atoms with E-state index in [1.165, 1.54) is 0 Å². The highest BCUT2D eigenvalue weighted by atomic mass is 16.7. The van der Waals surface area contributed by atoms with Gasteiger partial charge in [0.2, 0.25) is 0 Å². The Labute approximate surface area is 141 Å². The number of carboxylic acid groups (broad SMARTS) is 1. The van der Waals surface area contributed by atoms with Crippen LogP contribution in [-0.4, -0.2) is 37.7 Å². The SMILES string of the molecule is CCOCCOCCc1cccc(OC(=O)O)c1-c1ccccc1. The average Bonchev–Trinajstić information content (AvgIpc) is 2.58. The van der Waals surface area contributed by atoms with Crippen LogP contribution in [0.1, 0.15) is 12.5 Å². The molecule has 0 saturated heterocycles. The number of ether oxygens (including phenoxy) is 3. The highest BCUT2D eigenvalue weighted by Gasteiger charge is 2.14. The molecular formula is C19H22O5. The number of carbonyl (C=O) groups is 1. The van der Waals surface area contributed by atoms with E-state index in [0.29, 0.717) is 38.6 Å². The van der Waals surface area contributed by atoms with Crippen molar-refractivity contribution in [1.29, 1.82) is 0 Å². The Morgan fingerprint density at radius 2 is 1.71 bits per heavy atom. The minimum absolute atomic E-state index is 0.334. The Bertz CT molecular complexity index is 639. The van der Waals surface area contributed by atoms with Crippen LogP contribution in [-0.2, 0) is 15.9 Å². The summed E-state index contributed by atoms with van der Waals surface area (Å²) in [6.07, 6.45) is -0.662. The molecule has 5 heteroatoms. The van der Waals surface area contributed by atoms with Gasteiger partial charge in [-0.25, -0.2) is 4.79 Å². The summed E-state index contributed by atoms with van der Waals surface area (Å²) in [5.41, 5.74) is 2.68. The number of hydrogen-bond acceptors (Lipinski definition) is 4. The zero-order chi connectivity index (χ0) is 17.2. The molecule has 0 bridgehead atoms. The van der Waals surface area contributed by atoms with Crippen molar-refractivity contribution in [2.45, 2.75) is 13.3 Å². The van der Waals surface area contributed by atoms with Crippen LogP contribution in [0.5, 0.6) is 5.75 Å². The molecular weight excluding hydrogens is 308 g/mol. The third-order valence-corrected chi connectivity index (χ3v) is 3.46. The summed E-state index contributed by atoms with van der Waals surface area (Å²) >= 11 is 0. The minimum atomic E-state index is -1.32. The van der Waals surface area contributed by atoms with Crippen molar-refractivity contribution < 1.29 is 24.1 Å². The van der Waals surface area contributed by atoms with Crippen LogP contribution >= 0.6 is 0 Å². The van der Waals surface area contributed by atoms with Crippen LogP contribution in [0.2, 0.25) is 0 Å². The first-order valence-corrected chi connectivity index (χ1v) is 7.96. The first-order valence-electron chi connectivity index (χ1n) is 7.96. The Morgan fingerprint density at radius 3 is 2.42 bits per heavy atom. The predicted molar refractivity (Wildman–Crippen MR) is 91.5 cm³/mol. The Hall–Kier alpha value is -2.37. The van der Waals surface area contributed by atoms with Crippen LogP contribution in [0.4, 0.5) is 4.79 Å². The lowest BCUT2D eigenvalue weighted by atomic mass is 9.97. The number of rotatable bonds is 9. The molecule has 0 spiro atoms. The fraction of sp³-hybridized carbons (Fsp3) is 0.316. The Balaban J connectivity index is 2.16. The molecule has 0 fully saturated rings. The Morgan fingerprint density at radius 1 is 0.958 bits per heavy atom. The summed E-state index contributed by atoms with van der Waals surface area (Å²) < 4.78 is 15.8. The lowest BCUT2D eigenvalue weighted by Gasteiger charge is -2.14. The molecule has 2 rings (SSSR count). The van der Waals surface area contributed by atoms with E-state index in [-0.39, 0.29) is 0 Å². The summed E-state index contributed by atoms with van der Waals surface area (Å²) in [6, 6.07) is 15.0. The molecule has 0 aliphatic rings. The zero-order valence-electron chi connectivity index (χ0n) is 13.7. The monoisotopic (exact) mass is 330 g/mol. The molecule has 0 aromatic heterocycles. The van der Waals surface area contributed by atoms with Crippen LogP contribution in [0.15, 0.2) is 48.5 Å². The van der Waals surface area contributed by atoms with Gasteiger partial charge in [-0.1, -0.05) is 42.5 Å². The van der Waals surface area contributed by atoms with Crippen molar-refractivity contribution in [2.75, 3.05) is 26.4 Å². The van der Waals surface area contributed by atoms with Gasteiger partial charge in [0.05, 0.1) is 19.8 Å². The lowest BCUT2D eigenvalue weighted by Crippen LogP contribution is -2.08. The van der Waals surface area contributed by atoms with Crippen molar-refractivity contribution in [1.82, 2.24) is 0 Å². The molecule has 128 valence electrons. The fourth-order valence-electron chi connectivity index (χ4n) is 2.44. The van der Waals surface area contributed by atoms with Gasteiger partial charge in [-0.2, -0.15) is 0 Å². The van der Waals surface area contributed by atoms with Crippen molar-refractivity contribution in [3.8, 4) is 16.9 Å². The molecule has 1 N–H and O–H groups in total. The summed E-state index contributed by atoms with van der Waals surface area (Å²) in [5.74, 6) is 0.334. The number of benzene rings is 2. The molecule has 0 amide bonds. The Kier molecular flexibility index (Phi) is 7.26. The van der Waals surface area contributed by atoms with Crippen LogP contribution in [0, 0.1) is 0 Å². The lowest BCUT2D eigenvalue weighted by molar-refractivity contribution is 0.0541. The molecule has 2 aromatic carbocycles. The van der Waals surface area contributed by atoms with Gasteiger partial charge in [-0.15, -0.1) is 0 Å². The molecule has 0 aliphatic heterocycles. The zero-order valence-corrected chi connectivity index (χ0v) is 13.7. The standard InChI is InChI=1S/C19H22O5/c1-2-22-13-14-23-12-11-16-9-6-10-17(24-19(20)21)18(16)15-7-4-3-5-8-15/h3-10H,2,11-14H2,1H3,(H,20,21). The first kappa shape index (κ1) is 18.0. The first-order chi connectivity index (χ1) is 11.7. The van der Waals surface area contributed by atoms with Gasteiger partial charge in [0.15, 0.2) is 0 Å². The second-order valence-corrected chi connectivity index (χ2v) is 5.08. The molecule has 2 aromatic rings. The molecule has 0 unspecified atom stereocenters. The fourth-order valence-corrected chi connectivity index (χ4v) is 2.44. The van der Waals surface area contributed by atoms with Crippen molar-refractivity contribution in [3.63, 3.8) is 0 Å². The van der Waals surface area contributed by atoms with E-state index in [0.717, 1.165) is 16.7 Å². The van der Waals surface area contributed by atoms with Gasteiger partial charge >= 0.3 is 6.16 Å². The van der Waals surface area contributed by atoms with E-state index in [9.17, 15) is 4.79 Å². The van der Waals surface area contributed by atoms with E-state index in [2.05, 4.69) is 0 Å². The van der Waals surface area contributed by atoms with E-state index in [1.807, 2.05) is 43.3 Å². The molecule has 5 nitrogen and oxygen atoms in total. The highest BCUT2D eigenvalue weighted by Crippen LogP contribution is 2.34. The third-order valence-electron chi connectivity index (χ3n) is 3.46. The quantitative estimate of drug-likeness (QED) is 0.427. The van der Waals surface area contributed by atoms with E-state index >= 15 is 0 Å². The molecule has 0 atom stereocenters. The van der Waals surface area contributed by atoms with Gasteiger partial charge in [0, 0.05) is 12.2 Å². The van der Waals surface area contributed by atoms with Crippen LogP contribution < -0.4 is 4.74 Å². The smallest absolute Gasteiger partial charge is 0.449 e. The van der Waals surface area contributed by atoms with Crippen LogP contribution in [0.3, 0.4) is 0 Å². The maximum absolute atomic E-state index is 11.0. The minimum Gasteiger partial charge on any atom is -0.449 e. The second kappa shape index (κ2) is 9.70. The van der Waals surface area contributed by atoms with Crippen LogP contribution in [0.25, 0.3) is 11.1 Å². The average molecular weight is 330 g/mol. The predicted octanol–water partition coefficient (Wildman–Crippen LogP) is 4.01. The van der Waals surface area contributed by atoms with E-state index < -0.39 is 6.16 Å².